The third-order valence-corrected chi connectivity index (χ3v) is 4.70. The molecule has 27 heavy (non-hydrogen) atoms. The van der Waals surface area contributed by atoms with Gasteiger partial charge in [0.25, 0.3) is 5.91 Å². The number of hydrogen-bond acceptors (Lipinski definition) is 3. The Hall–Kier alpha value is -2.37. The molecule has 0 aliphatic carbocycles. The fourth-order valence-electron chi connectivity index (χ4n) is 3.26. The Labute approximate surface area is 161 Å². The third-order valence-electron chi connectivity index (χ3n) is 4.70. The largest absolute Gasteiger partial charge is 0.353 e. The van der Waals surface area contributed by atoms with Gasteiger partial charge in [-0.15, -0.1) is 0 Å². The Morgan fingerprint density at radius 3 is 2.26 bits per heavy atom. The Kier molecular flexibility index (Phi) is 7.82. The van der Waals surface area contributed by atoms with E-state index < -0.39 is 0 Å². The standard InChI is InChI=1S/C21H31N3O3/c1-15(2)13-20(26)24-11-9-18(10-12-24)23-19(25)14-16(3)22-21(27)17-7-5-4-6-8-17/h4-8,15-16,18H,9-14H2,1-3H3,(H,22,27)(H,23,25). The molecule has 6 nitrogen and oxygen atoms in total. The van der Waals surface area contributed by atoms with Crippen molar-refractivity contribution < 1.29 is 14.4 Å². The number of rotatable bonds is 7. The lowest BCUT2D eigenvalue weighted by molar-refractivity contribution is -0.133. The van der Waals surface area contributed by atoms with E-state index in [1.807, 2.05) is 43.9 Å². The molecule has 1 aliphatic rings. The molecule has 0 bridgehead atoms. The van der Waals surface area contributed by atoms with Crippen LogP contribution in [-0.2, 0) is 9.59 Å². The second kappa shape index (κ2) is 10.1. The smallest absolute Gasteiger partial charge is 0.251 e. The lowest BCUT2D eigenvalue weighted by Crippen LogP contribution is -2.47. The highest BCUT2D eigenvalue weighted by atomic mass is 16.2. The van der Waals surface area contributed by atoms with E-state index in [0.717, 1.165) is 12.8 Å². The van der Waals surface area contributed by atoms with E-state index in [9.17, 15) is 14.4 Å². The van der Waals surface area contributed by atoms with Gasteiger partial charge < -0.3 is 15.5 Å². The Balaban J connectivity index is 1.70. The summed E-state index contributed by atoms with van der Waals surface area (Å²) < 4.78 is 0. The van der Waals surface area contributed by atoms with Crippen LogP contribution in [0.25, 0.3) is 0 Å². The normalized spacial score (nSPS) is 16.1. The van der Waals surface area contributed by atoms with Crippen LogP contribution in [0.5, 0.6) is 0 Å². The van der Waals surface area contributed by atoms with Crippen LogP contribution in [0.1, 0.15) is 56.8 Å². The quantitative estimate of drug-likeness (QED) is 0.770. The molecule has 1 unspecified atom stereocenters. The number of likely N-dealkylation sites (tertiary alicyclic amines) is 1. The van der Waals surface area contributed by atoms with Gasteiger partial charge in [0.2, 0.25) is 11.8 Å². The summed E-state index contributed by atoms with van der Waals surface area (Å²) in [6, 6.07) is 8.82. The molecular formula is C21H31N3O3. The Morgan fingerprint density at radius 2 is 1.67 bits per heavy atom. The summed E-state index contributed by atoms with van der Waals surface area (Å²) in [7, 11) is 0. The highest BCUT2D eigenvalue weighted by molar-refractivity contribution is 5.94. The van der Waals surface area contributed by atoms with Gasteiger partial charge in [-0.05, 0) is 37.8 Å². The van der Waals surface area contributed by atoms with Crippen LogP contribution in [0.3, 0.4) is 0 Å². The van der Waals surface area contributed by atoms with Gasteiger partial charge in [0.05, 0.1) is 0 Å². The number of nitrogens with zero attached hydrogens (tertiary/aromatic N) is 1. The van der Waals surface area contributed by atoms with Crippen molar-refractivity contribution in [3.63, 3.8) is 0 Å². The lowest BCUT2D eigenvalue weighted by Gasteiger charge is -2.33. The zero-order chi connectivity index (χ0) is 19.8. The molecule has 0 spiro atoms. The number of carbonyl (C=O) groups is 3. The van der Waals surface area contributed by atoms with E-state index in [-0.39, 0.29) is 36.2 Å². The summed E-state index contributed by atoms with van der Waals surface area (Å²) in [5, 5.41) is 5.89. The average Bonchev–Trinajstić information content (AvgIpc) is 2.62. The van der Waals surface area contributed by atoms with E-state index >= 15 is 0 Å². The molecule has 1 atom stereocenters. The third kappa shape index (κ3) is 7.04. The Bertz CT molecular complexity index is 637. The molecule has 1 saturated heterocycles. The summed E-state index contributed by atoms with van der Waals surface area (Å²) >= 11 is 0. The van der Waals surface area contributed by atoms with E-state index in [1.54, 1.807) is 12.1 Å². The van der Waals surface area contributed by atoms with Gasteiger partial charge in [0, 0.05) is 43.6 Å². The highest BCUT2D eigenvalue weighted by Gasteiger charge is 2.24. The average molecular weight is 373 g/mol. The highest BCUT2D eigenvalue weighted by Crippen LogP contribution is 2.14. The maximum absolute atomic E-state index is 12.3. The van der Waals surface area contributed by atoms with Crippen LogP contribution < -0.4 is 10.6 Å². The van der Waals surface area contributed by atoms with E-state index in [2.05, 4.69) is 10.6 Å². The van der Waals surface area contributed by atoms with Crippen molar-refractivity contribution in [2.45, 2.75) is 58.5 Å². The molecule has 2 N–H and O–H groups in total. The van der Waals surface area contributed by atoms with Crippen molar-refractivity contribution in [3.8, 4) is 0 Å². The first-order valence-corrected chi connectivity index (χ1v) is 9.78. The summed E-state index contributed by atoms with van der Waals surface area (Å²) in [5.74, 6) is 0.324. The minimum absolute atomic E-state index is 0.0668. The zero-order valence-electron chi connectivity index (χ0n) is 16.5. The van der Waals surface area contributed by atoms with Gasteiger partial charge in [-0.1, -0.05) is 32.0 Å². The first-order chi connectivity index (χ1) is 12.8. The molecular weight excluding hydrogens is 342 g/mol. The lowest BCUT2D eigenvalue weighted by atomic mass is 10.0. The molecule has 3 amide bonds. The van der Waals surface area contributed by atoms with Crippen molar-refractivity contribution in [3.05, 3.63) is 35.9 Å². The minimum atomic E-state index is -0.245. The van der Waals surface area contributed by atoms with Gasteiger partial charge >= 0.3 is 0 Å². The molecule has 0 aromatic heterocycles. The molecule has 148 valence electrons. The van der Waals surface area contributed by atoms with Crippen molar-refractivity contribution in [2.24, 2.45) is 5.92 Å². The zero-order valence-corrected chi connectivity index (χ0v) is 16.5. The van der Waals surface area contributed by atoms with Crippen molar-refractivity contribution in [1.29, 1.82) is 0 Å². The fraction of sp³-hybridized carbons (Fsp3) is 0.571. The number of benzene rings is 1. The second-order valence-electron chi connectivity index (χ2n) is 7.77. The predicted octanol–water partition coefficient (Wildman–Crippen LogP) is 2.35. The summed E-state index contributed by atoms with van der Waals surface area (Å²) in [5.41, 5.74) is 0.586. The Morgan fingerprint density at radius 1 is 1.04 bits per heavy atom. The summed E-state index contributed by atoms with van der Waals surface area (Å²) in [4.78, 5) is 38.4. The molecule has 0 radical (unpaired) electrons. The van der Waals surface area contributed by atoms with Gasteiger partial charge in [-0.2, -0.15) is 0 Å². The number of hydrogen-bond donors (Lipinski definition) is 2. The second-order valence-corrected chi connectivity index (χ2v) is 7.77. The van der Waals surface area contributed by atoms with Gasteiger partial charge in [-0.25, -0.2) is 0 Å². The summed E-state index contributed by atoms with van der Waals surface area (Å²) in [6.07, 6.45) is 2.38. The van der Waals surface area contributed by atoms with Crippen molar-refractivity contribution in [2.75, 3.05) is 13.1 Å². The predicted molar refractivity (Wildman–Crippen MR) is 105 cm³/mol. The monoisotopic (exact) mass is 373 g/mol. The van der Waals surface area contributed by atoms with Gasteiger partial charge in [0.15, 0.2) is 0 Å². The van der Waals surface area contributed by atoms with Crippen LogP contribution in [0.2, 0.25) is 0 Å². The number of carbonyl (C=O) groups excluding carboxylic acids is 3. The molecule has 1 aliphatic heterocycles. The molecule has 6 heteroatoms. The first kappa shape index (κ1) is 20.9. The molecule has 2 rings (SSSR count). The number of piperidine rings is 1. The van der Waals surface area contributed by atoms with Crippen LogP contribution >= 0.6 is 0 Å². The number of amides is 3. The first-order valence-electron chi connectivity index (χ1n) is 9.78. The van der Waals surface area contributed by atoms with Crippen molar-refractivity contribution in [1.82, 2.24) is 15.5 Å². The molecule has 1 aromatic carbocycles. The minimum Gasteiger partial charge on any atom is -0.353 e. The SMILES string of the molecule is CC(C)CC(=O)N1CCC(NC(=O)CC(C)NC(=O)c2ccccc2)CC1. The molecule has 1 heterocycles. The molecule has 1 fully saturated rings. The van der Waals surface area contributed by atoms with Crippen LogP contribution in [0.4, 0.5) is 0 Å². The van der Waals surface area contributed by atoms with E-state index in [4.69, 9.17) is 0 Å². The van der Waals surface area contributed by atoms with Crippen LogP contribution in [0.15, 0.2) is 30.3 Å². The topological polar surface area (TPSA) is 78.5 Å². The molecule has 0 saturated carbocycles. The van der Waals surface area contributed by atoms with Crippen molar-refractivity contribution >= 4 is 17.7 Å². The number of nitrogens with one attached hydrogen (secondary N) is 2. The van der Waals surface area contributed by atoms with E-state index in [0.29, 0.717) is 31.0 Å². The van der Waals surface area contributed by atoms with Crippen LogP contribution in [0, 0.1) is 5.92 Å². The van der Waals surface area contributed by atoms with Gasteiger partial charge in [-0.3, -0.25) is 14.4 Å². The van der Waals surface area contributed by atoms with Gasteiger partial charge in [0.1, 0.15) is 0 Å². The fourth-order valence-corrected chi connectivity index (χ4v) is 3.26. The van der Waals surface area contributed by atoms with Crippen LogP contribution in [-0.4, -0.2) is 47.8 Å². The molecule has 1 aromatic rings. The maximum atomic E-state index is 12.3. The summed E-state index contributed by atoms with van der Waals surface area (Å²) in [6.45, 7) is 7.30. The maximum Gasteiger partial charge on any atom is 0.251 e. The van der Waals surface area contributed by atoms with E-state index in [1.165, 1.54) is 0 Å².